The summed E-state index contributed by atoms with van der Waals surface area (Å²) in [6.07, 6.45) is 2.73. The number of halogens is 1. The third-order valence-corrected chi connectivity index (χ3v) is 3.65. The van der Waals surface area contributed by atoms with Crippen LogP contribution in [-0.2, 0) is 6.42 Å². The molecule has 1 atom stereocenters. The van der Waals surface area contributed by atoms with E-state index < -0.39 is 0 Å². The van der Waals surface area contributed by atoms with Crippen LogP contribution in [0.3, 0.4) is 0 Å². The van der Waals surface area contributed by atoms with Crippen LogP contribution in [0.15, 0.2) is 29.0 Å². The lowest BCUT2D eigenvalue weighted by molar-refractivity contribution is 0.357. The van der Waals surface area contributed by atoms with Crippen molar-refractivity contribution in [2.75, 3.05) is 13.2 Å². The van der Waals surface area contributed by atoms with Crippen molar-refractivity contribution in [1.82, 2.24) is 9.97 Å². The number of rotatable bonds is 3. The normalized spacial score (nSPS) is 15.2. The maximum Gasteiger partial charge on any atom is 0.122 e. The number of imidazole rings is 1. The van der Waals surface area contributed by atoms with Crippen molar-refractivity contribution in [1.29, 1.82) is 0 Å². The second-order valence-electron chi connectivity index (χ2n) is 4.37. The minimum Gasteiger partial charge on any atom is -0.493 e. The Labute approximate surface area is 114 Å². The number of H-pyrrole nitrogens is 1. The van der Waals surface area contributed by atoms with E-state index in [0.717, 1.165) is 29.2 Å². The number of hydrogen-bond acceptors (Lipinski definition) is 3. The van der Waals surface area contributed by atoms with Crippen molar-refractivity contribution in [3.8, 4) is 5.75 Å². The second-order valence-corrected chi connectivity index (χ2v) is 5.22. The first-order valence-corrected chi connectivity index (χ1v) is 6.73. The maximum absolute atomic E-state index is 5.88. The smallest absolute Gasteiger partial charge is 0.122 e. The van der Waals surface area contributed by atoms with Crippen molar-refractivity contribution in [2.24, 2.45) is 5.73 Å². The molecule has 0 radical (unpaired) electrons. The molecule has 0 spiro atoms. The lowest BCUT2D eigenvalue weighted by atomic mass is 9.96. The molecular formula is C13H14BrN3O. The molecule has 0 aliphatic carbocycles. The van der Waals surface area contributed by atoms with E-state index in [-0.39, 0.29) is 5.92 Å². The number of nitrogens with zero attached hydrogens (tertiary/aromatic N) is 1. The van der Waals surface area contributed by atoms with Crippen molar-refractivity contribution in [2.45, 2.75) is 12.3 Å². The van der Waals surface area contributed by atoms with Crippen LogP contribution in [0.1, 0.15) is 22.9 Å². The molecule has 3 rings (SSSR count). The summed E-state index contributed by atoms with van der Waals surface area (Å²) >= 11 is 3.37. The van der Waals surface area contributed by atoms with Crippen LogP contribution in [0, 0.1) is 0 Å². The Kier molecular flexibility index (Phi) is 3.09. The number of aromatic amines is 1. The molecule has 1 aliphatic heterocycles. The molecule has 3 N–H and O–H groups in total. The van der Waals surface area contributed by atoms with Crippen LogP contribution in [-0.4, -0.2) is 23.1 Å². The van der Waals surface area contributed by atoms with E-state index in [1.54, 1.807) is 6.20 Å². The highest BCUT2D eigenvalue weighted by atomic mass is 79.9. The highest BCUT2D eigenvalue weighted by Crippen LogP contribution is 2.30. The highest BCUT2D eigenvalue weighted by molar-refractivity contribution is 9.10. The van der Waals surface area contributed by atoms with E-state index in [2.05, 4.69) is 38.0 Å². The van der Waals surface area contributed by atoms with Crippen molar-refractivity contribution in [3.05, 3.63) is 46.0 Å². The molecule has 1 aliphatic rings. The van der Waals surface area contributed by atoms with Crippen molar-refractivity contribution < 1.29 is 4.74 Å². The quantitative estimate of drug-likeness (QED) is 0.913. The number of nitrogens with two attached hydrogens (primary N) is 1. The summed E-state index contributed by atoms with van der Waals surface area (Å²) in [6, 6.07) is 6.27. The first-order valence-electron chi connectivity index (χ1n) is 5.94. The molecule has 2 heterocycles. The number of aromatic nitrogens is 2. The number of hydrogen-bond donors (Lipinski definition) is 2. The summed E-state index contributed by atoms with van der Waals surface area (Å²) in [5.41, 5.74) is 8.33. The van der Waals surface area contributed by atoms with Crippen LogP contribution in [0.2, 0.25) is 0 Å². The zero-order valence-electron chi connectivity index (χ0n) is 9.82. The van der Waals surface area contributed by atoms with Gasteiger partial charge in [0.1, 0.15) is 16.2 Å². The summed E-state index contributed by atoms with van der Waals surface area (Å²) in [4.78, 5) is 7.53. The molecule has 1 aromatic heterocycles. The van der Waals surface area contributed by atoms with Gasteiger partial charge in [0.05, 0.1) is 18.7 Å². The maximum atomic E-state index is 5.88. The summed E-state index contributed by atoms with van der Waals surface area (Å²) in [5, 5.41) is 0. The monoisotopic (exact) mass is 307 g/mol. The number of benzene rings is 1. The van der Waals surface area contributed by atoms with Crippen molar-refractivity contribution in [3.63, 3.8) is 0 Å². The Balaban J connectivity index is 1.96. The van der Waals surface area contributed by atoms with Gasteiger partial charge in [-0.2, -0.15) is 0 Å². The largest absolute Gasteiger partial charge is 0.493 e. The molecule has 0 amide bonds. The first-order chi connectivity index (χ1) is 8.78. The molecule has 1 aromatic carbocycles. The minimum absolute atomic E-state index is 0.0993. The lowest BCUT2D eigenvalue weighted by Crippen LogP contribution is -2.15. The molecule has 5 heteroatoms. The molecule has 2 aromatic rings. The SMILES string of the molecule is NCC(c1ccc2c(c1)CCO2)c1ncc(Br)[nH]1. The molecule has 0 saturated carbocycles. The Morgan fingerprint density at radius 3 is 3.11 bits per heavy atom. The van der Waals surface area contributed by atoms with Gasteiger partial charge >= 0.3 is 0 Å². The Morgan fingerprint density at radius 1 is 1.50 bits per heavy atom. The zero-order chi connectivity index (χ0) is 12.5. The predicted octanol–water partition coefficient (Wildman–Crippen LogP) is 2.20. The van der Waals surface area contributed by atoms with E-state index >= 15 is 0 Å². The first kappa shape index (κ1) is 11.7. The van der Waals surface area contributed by atoms with Crippen LogP contribution in [0.4, 0.5) is 0 Å². The molecule has 0 bridgehead atoms. The number of fused-ring (bicyclic) bond motifs is 1. The minimum atomic E-state index is 0.0993. The van der Waals surface area contributed by atoms with Crippen LogP contribution >= 0.6 is 15.9 Å². The molecule has 0 fully saturated rings. The molecule has 4 nitrogen and oxygen atoms in total. The standard InChI is InChI=1S/C13H14BrN3O/c14-12-7-16-13(17-12)10(6-15)8-1-2-11-9(5-8)3-4-18-11/h1-2,5,7,10H,3-4,6,15H2,(H,16,17). The van der Waals surface area contributed by atoms with Gasteiger partial charge in [0.15, 0.2) is 0 Å². The van der Waals surface area contributed by atoms with Gasteiger partial charge in [0.2, 0.25) is 0 Å². The van der Waals surface area contributed by atoms with Gasteiger partial charge in [-0.25, -0.2) is 4.98 Å². The fraction of sp³-hybridized carbons (Fsp3) is 0.308. The van der Waals surface area contributed by atoms with Gasteiger partial charge in [0.25, 0.3) is 0 Å². The fourth-order valence-corrected chi connectivity index (χ4v) is 2.62. The van der Waals surface area contributed by atoms with Gasteiger partial charge < -0.3 is 15.5 Å². The van der Waals surface area contributed by atoms with E-state index in [9.17, 15) is 0 Å². The summed E-state index contributed by atoms with van der Waals surface area (Å²) in [5.74, 6) is 1.99. The third kappa shape index (κ3) is 2.04. The molecule has 0 saturated heterocycles. The fourth-order valence-electron chi connectivity index (χ4n) is 2.32. The zero-order valence-corrected chi connectivity index (χ0v) is 11.4. The highest BCUT2D eigenvalue weighted by Gasteiger charge is 2.19. The van der Waals surface area contributed by atoms with Crippen LogP contribution in [0.25, 0.3) is 0 Å². The Bertz CT molecular complexity index is 567. The average Bonchev–Trinajstić information content (AvgIpc) is 2.99. The third-order valence-electron chi connectivity index (χ3n) is 3.25. The van der Waals surface area contributed by atoms with E-state index in [1.165, 1.54) is 11.1 Å². The number of nitrogens with one attached hydrogen (secondary N) is 1. The lowest BCUT2D eigenvalue weighted by Gasteiger charge is -2.13. The molecule has 18 heavy (non-hydrogen) atoms. The summed E-state index contributed by atoms with van der Waals surface area (Å²) in [6.45, 7) is 1.30. The van der Waals surface area contributed by atoms with Crippen molar-refractivity contribution >= 4 is 15.9 Å². The summed E-state index contributed by atoms with van der Waals surface area (Å²) in [7, 11) is 0. The van der Waals surface area contributed by atoms with Crippen LogP contribution < -0.4 is 10.5 Å². The number of ether oxygens (including phenoxy) is 1. The van der Waals surface area contributed by atoms with Gasteiger partial charge in [-0.05, 0) is 33.1 Å². The van der Waals surface area contributed by atoms with Gasteiger partial charge in [0, 0.05) is 13.0 Å². The van der Waals surface area contributed by atoms with Gasteiger partial charge in [-0.15, -0.1) is 0 Å². The molecule has 94 valence electrons. The topological polar surface area (TPSA) is 63.9 Å². The summed E-state index contributed by atoms with van der Waals surface area (Å²) < 4.78 is 6.39. The Morgan fingerprint density at radius 2 is 2.39 bits per heavy atom. The predicted molar refractivity (Wildman–Crippen MR) is 72.8 cm³/mol. The van der Waals surface area contributed by atoms with Crippen LogP contribution in [0.5, 0.6) is 5.75 Å². The van der Waals surface area contributed by atoms with E-state index in [1.807, 2.05) is 6.07 Å². The average molecular weight is 308 g/mol. The van der Waals surface area contributed by atoms with E-state index in [0.29, 0.717) is 6.54 Å². The van der Waals surface area contributed by atoms with Gasteiger partial charge in [-0.1, -0.05) is 12.1 Å². The molecule has 1 unspecified atom stereocenters. The van der Waals surface area contributed by atoms with Gasteiger partial charge in [-0.3, -0.25) is 0 Å². The second kappa shape index (κ2) is 4.74. The van der Waals surface area contributed by atoms with E-state index in [4.69, 9.17) is 10.5 Å². The molecular weight excluding hydrogens is 294 g/mol. The Hall–Kier alpha value is -1.33.